The number of pyridine rings is 1. The van der Waals surface area contributed by atoms with Crippen LogP contribution in [0.4, 0.5) is 0 Å². The van der Waals surface area contributed by atoms with Crippen molar-refractivity contribution in [2.75, 3.05) is 0 Å². The predicted molar refractivity (Wildman–Crippen MR) is 259 cm³/mol. The Morgan fingerprint density at radius 2 is 1.11 bits per heavy atom. The second-order valence-electron chi connectivity index (χ2n) is 15.8. The van der Waals surface area contributed by atoms with E-state index in [2.05, 4.69) is 218 Å². The Labute approximate surface area is 357 Å². The molecule has 0 aliphatic carbocycles. The molecule has 1 aliphatic heterocycles. The fourth-order valence-electron chi connectivity index (χ4n) is 9.11. The highest BCUT2D eigenvalue weighted by Crippen LogP contribution is 2.45. The molecule has 0 radical (unpaired) electrons. The monoisotopic (exact) mass is 795 g/mol. The standard InChI is InChI=1S/C57H37N3S/c1-4-15-36(16-5-1)39-22-14-23-42(31-39)51-35-52(60-57(59-51)38-19-8-3-9-20-38)43-32-40-21-10-11-24-44(40)49(33-43)41-27-28-45-46-29-30-48-54(56(46)61-53(45)34-41)47-25-12-13-26-50(47)58-55(48)37-17-6-2-7-18-37/h1-35,51H,(H,59,60). The Morgan fingerprint density at radius 1 is 0.443 bits per heavy atom. The van der Waals surface area contributed by atoms with Gasteiger partial charge < -0.3 is 5.32 Å². The molecule has 4 heteroatoms. The third kappa shape index (κ3) is 6.19. The molecule has 1 N–H and O–H groups in total. The number of amidine groups is 1. The molecular weight excluding hydrogens is 759 g/mol. The van der Waals surface area contributed by atoms with Crippen LogP contribution in [0.1, 0.15) is 22.7 Å². The van der Waals surface area contributed by atoms with Crippen molar-refractivity contribution in [2.24, 2.45) is 4.99 Å². The quantitative estimate of drug-likeness (QED) is 0.170. The molecule has 1 unspecified atom stereocenters. The lowest BCUT2D eigenvalue weighted by atomic mass is 9.92. The Kier molecular flexibility index (Phi) is 8.43. The number of nitrogens with zero attached hydrogens (tertiary/aromatic N) is 2. The minimum atomic E-state index is -0.0836. The second kappa shape index (κ2) is 14.6. The van der Waals surface area contributed by atoms with E-state index in [4.69, 9.17) is 9.98 Å². The summed E-state index contributed by atoms with van der Waals surface area (Å²) < 4.78 is 2.56. The van der Waals surface area contributed by atoms with Crippen LogP contribution in [0.2, 0.25) is 0 Å². The van der Waals surface area contributed by atoms with Gasteiger partial charge in [0.2, 0.25) is 0 Å². The van der Waals surface area contributed by atoms with E-state index in [1.54, 1.807) is 0 Å². The Morgan fingerprint density at radius 3 is 1.93 bits per heavy atom. The van der Waals surface area contributed by atoms with Crippen molar-refractivity contribution in [1.29, 1.82) is 0 Å². The van der Waals surface area contributed by atoms with Gasteiger partial charge in [0.25, 0.3) is 0 Å². The molecule has 0 fully saturated rings. The van der Waals surface area contributed by atoms with Crippen LogP contribution in [0.25, 0.3) is 91.8 Å². The fourth-order valence-corrected chi connectivity index (χ4v) is 10.4. The van der Waals surface area contributed by atoms with Gasteiger partial charge in [-0.1, -0.05) is 176 Å². The first-order chi connectivity index (χ1) is 30.2. The summed E-state index contributed by atoms with van der Waals surface area (Å²) >= 11 is 1.88. The molecule has 0 saturated heterocycles. The molecule has 1 aliphatic rings. The van der Waals surface area contributed by atoms with Crippen LogP contribution in [0.3, 0.4) is 0 Å². The topological polar surface area (TPSA) is 37.3 Å². The summed E-state index contributed by atoms with van der Waals surface area (Å²) in [5.41, 5.74) is 12.2. The lowest BCUT2D eigenvalue weighted by Crippen LogP contribution is -2.31. The van der Waals surface area contributed by atoms with Gasteiger partial charge in [-0.25, -0.2) is 9.98 Å². The highest BCUT2D eigenvalue weighted by Gasteiger charge is 2.22. The lowest BCUT2D eigenvalue weighted by molar-refractivity contribution is 0.781. The molecular formula is C57H37N3S. The van der Waals surface area contributed by atoms with Crippen molar-refractivity contribution in [3.63, 3.8) is 0 Å². The molecule has 3 heterocycles. The van der Waals surface area contributed by atoms with Crippen molar-refractivity contribution < 1.29 is 0 Å². The number of hydrogen-bond donors (Lipinski definition) is 1. The highest BCUT2D eigenvalue weighted by molar-refractivity contribution is 7.26. The van der Waals surface area contributed by atoms with E-state index in [-0.39, 0.29) is 6.04 Å². The largest absolute Gasteiger partial charge is 0.359 e. The summed E-state index contributed by atoms with van der Waals surface area (Å²) in [4.78, 5) is 10.6. The van der Waals surface area contributed by atoms with Crippen LogP contribution in [0, 0.1) is 0 Å². The molecule has 286 valence electrons. The van der Waals surface area contributed by atoms with Gasteiger partial charge in [-0.3, -0.25) is 0 Å². The smallest absolute Gasteiger partial charge is 0.134 e. The lowest BCUT2D eigenvalue weighted by Gasteiger charge is -2.25. The summed E-state index contributed by atoms with van der Waals surface area (Å²) in [6.07, 6.45) is 2.29. The average Bonchev–Trinajstić information content (AvgIpc) is 3.72. The number of benzene rings is 9. The van der Waals surface area contributed by atoms with Crippen LogP contribution in [0.15, 0.2) is 217 Å². The first-order valence-electron chi connectivity index (χ1n) is 20.8. The van der Waals surface area contributed by atoms with Gasteiger partial charge in [0.15, 0.2) is 0 Å². The Hall–Kier alpha value is -7.66. The van der Waals surface area contributed by atoms with Gasteiger partial charge in [0.1, 0.15) is 5.84 Å². The van der Waals surface area contributed by atoms with Crippen LogP contribution in [-0.4, -0.2) is 10.8 Å². The maximum atomic E-state index is 5.35. The number of thiophene rings is 1. The number of para-hydroxylation sites is 1. The fraction of sp³-hybridized carbons (Fsp3) is 0.0175. The third-order valence-electron chi connectivity index (χ3n) is 12.1. The van der Waals surface area contributed by atoms with E-state index >= 15 is 0 Å². The van der Waals surface area contributed by atoms with Gasteiger partial charge in [-0.15, -0.1) is 11.3 Å². The zero-order chi connectivity index (χ0) is 40.3. The van der Waals surface area contributed by atoms with Crippen molar-refractivity contribution >= 4 is 75.5 Å². The van der Waals surface area contributed by atoms with Gasteiger partial charge in [-0.05, 0) is 75.0 Å². The number of fused-ring (bicyclic) bond motifs is 8. The molecule has 3 nitrogen and oxygen atoms in total. The molecule has 2 aromatic heterocycles. The molecule has 0 bridgehead atoms. The molecule has 9 aromatic carbocycles. The van der Waals surface area contributed by atoms with Crippen molar-refractivity contribution in [1.82, 2.24) is 10.3 Å². The number of rotatable bonds is 6. The normalized spacial score (nSPS) is 14.1. The highest BCUT2D eigenvalue weighted by atomic mass is 32.1. The summed E-state index contributed by atoms with van der Waals surface area (Å²) in [5.74, 6) is 0.861. The van der Waals surface area contributed by atoms with E-state index in [1.165, 1.54) is 74.9 Å². The maximum absolute atomic E-state index is 5.35. The molecule has 61 heavy (non-hydrogen) atoms. The molecule has 0 saturated carbocycles. The summed E-state index contributed by atoms with van der Waals surface area (Å²) in [5, 5.41) is 12.4. The predicted octanol–water partition coefficient (Wildman–Crippen LogP) is 15.0. The molecule has 0 amide bonds. The second-order valence-corrected chi connectivity index (χ2v) is 16.8. The summed E-state index contributed by atoms with van der Waals surface area (Å²) in [6.45, 7) is 0. The SMILES string of the molecule is C1=C(c2cc(-c3ccc4c(c3)sc3c4ccc4c(-c5ccccc5)nc5ccccc5c43)c3ccccc3c2)N=C(c2ccccc2)NC1c1cccc(-c2ccccc2)c1. The van der Waals surface area contributed by atoms with Crippen molar-refractivity contribution in [3.8, 4) is 33.5 Å². The molecule has 0 spiro atoms. The van der Waals surface area contributed by atoms with Gasteiger partial charge in [0.05, 0.1) is 22.9 Å². The van der Waals surface area contributed by atoms with Crippen LogP contribution >= 0.6 is 11.3 Å². The van der Waals surface area contributed by atoms with Crippen LogP contribution in [-0.2, 0) is 0 Å². The van der Waals surface area contributed by atoms with E-state index < -0.39 is 0 Å². The number of aliphatic imine (C=N–C) groups is 1. The minimum Gasteiger partial charge on any atom is -0.359 e. The van der Waals surface area contributed by atoms with E-state index in [0.717, 1.165) is 39.4 Å². The summed E-state index contributed by atoms with van der Waals surface area (Å²) in [7, 11) is 0. The third-order valence-corrected chi connectivity index (χ3v) is 13.3. The van der Waals surface area contributed by atoms with E-state index in [9.17, 15) is 0 Å². The van der Waals surface area contributed by atoms with Crippen LogP contribution < -0.4 is 5.32 Å². The summed E-state index contributed by atoms with van der Waals surface area (Å²) in [6, 6.07) is 73.9. The first kappa shape index (κ1) is 35.3. The Balaban J connectivity index is 1.02. The minimum absolute atomic E-state index is 0.0836. The van der Waals surface area contributed by atoms with Crippen LogP contribution in [0.5, 0.6) is 0 Å². The van der Waals surface area contributed by atoms with Crippen molar-refractivity contribution in [2.45, 2.75) is 6.04 Å². The Bertz CT molecular complexity index is 3550. The molecule has 1 atom stereocenters. The number of hydrogen-bond acceptors (Lipinski definition) is 4. The van der Waals surface area contributed by atoms with Crippen molar-refractivity contribution in [3.05, 3.63) is 229 Å². The maximum Gasteiger partial charge on any atom is 0.134 e. The van der Waals surface area contributed by atoms with E-state index in [1.807, 2.05) is 11.3 Å². The zero-order valence-electron chi connectivity index (χ0n) is 33.1. The first-order valence-corrected chi connectivity index (χ1v) is 21.6. The number of aromatic nitrogens is 1. The van der Waals surface area contributed by atoms with Gasteiger partial charge in [0, 0.05) is 53.0 Å². The van der Waals surface area contributed by atoms with E-state index in [0.29, 0.717) is 0 Å². The molecule has 11 aromatic rings. The zero-order valence-corrected chi connectivity index (χ0v) is 33.9. The van der Waals surface area contributed by atoms with Gasteiger partial charge in [-0.2, -0.15) is 0 Å². The van der Waals surface area contributed by atoms with Gasteiger partial charge >= 0.3 is 0 Å². The molecule has 12 rings (SSSR count). The number of nitrogens with one attached hydrogen (secondary N) is 1. The average molecular weight is 796 g/mol.